The Labute approximate surface area is 150 Å². The van der Waals surface area contributed by atoms with E-state index in [1.807, 2.05) is 6.07 Å². The van der Waals surface area contributed by atoms with Crippen molar-refractivity contribution in [1.29, 1.82) is 0 Å². The first-order chi connectivity index (χ1) is 12.3. The molecule has 0 aromatic heterocycles. The third kappa shape index (κ3) is 3.62. The lowest BCUT2D eigenvalue weighted by Crippen LogP contribution is -2.49. The Hall–Kier alpha value is -2.13. The van der Waals surface area contributed by atoms with E-state index in [1.54, 1.807) is 0 Å². The second kappa shape index (κ2) is 7.40. The first-order valence-electron chi connectivity index (χ1n) is 9.43. The van der Waals surface area contributed by atoms with Gasteiger partial charge >= 0.3 is 0 Å². The molecule has 0 N–H and O–H groups in total. The highest BCUT2D eigenvalue weighted by Gasteiger charge is 2.37. The van der Waals surface area contributed by atoms with E-state index in [0.717, 1.165) is 45.4 Å². The van der Waals surface area contributed by atoms with E-state index >= 15 is 0 Å². The molecule has 1 atom stereocenters. The molecule has 0 radical (unpaired) electrons. The smallest absolute Gasteiger partial charge is 0.226 e. The Balaban J connectivity index is 1.31. The van der Waals surface area contributed by atoms with Gasteiger partial charge in [0.15, 0.2) is 0 Å². The van der Waals surface area contributed by atoms with Crippen LogP contribution in [0.3, 0.4) is 0 Å². The van der Waals surface area contributed by atoms with E-state index in [0.29, 0.717) is 11.9 Å². The highest BCUT2D eigenvalue weighted by atomic mass is 16.2. The van der Waals surface area contributed by atoms with Crippen LogP contribution in [-0.4, -0.2) is 35.3 Å². The number of hydrogen-bond acceptors (Lipinski definition) is 2. The molecule has 1 amide bonds. The number of benzene rings is 2. The molecule has 0 unspecified atom stereocenters. The summed E-state index contributed by atoms with van der Waals surface area (Å²) in [7, 11) is 0. The van der Waals surface area contributed by atoms with Crippen LogP contribution in [0.1, 0.15) is 36.4 Å². The largest absolute Gasteiger partial charge is 0.335 e. The van der Waals surface area contributed by atoms with Crippen molar-refractivity contribution >= 4 is 5.91 Å². The van der Waals surface area contributed by atoms with E-state index in [-0.39, 0.29) is 5.92 Å². The Morgan fingerprint density at radius 2 is 1.48 bits per heavy atom. The van der Waals surface area contributed by atoms with E-state index in [1.165, 1.54) is 11.1 Å². The predicted octanol–water partition coefficient (Wildman–Crippen LogP) is 3.87. The van der Waals surface area contributed by atoms with Gasteiger partial charge in [0.05, 0.1) is 6.04 Å². The Morgan fingerprint density at radius 3 is 2.08 bits per heavy atom. The van der Waals surface area contributed by atoms with Gasteiger partial charge in [0.1, 0.15) is 0 Å². The maximum atomic E-state index is 12.9. The van der Waals surface area contributed by atoms with Crippen molar-refractivity contribution in [3.05, 3.63) is 71.8 Å². The van der Waals surface area contributed by atoms with Gasteiger partial charge in [-0.1, -0.05) is 60.7 Å². The highest BCUT2D eigenvalue weighted by Crippen LogP contribution is 2.35. The SMILES string of the molecule is O=C(C1CCN(Cc2ccccc2)CC1)N1CC[C@@H]1c1ccccc1. The van der Waals surface area contributed by atoms with E-state index in [2.05, 4.69) is 64.4 Å². The molecule has 2 aromatic carbocycles. The zero-order chi connectivity index (χ0) is 17.1. The monoisotopic (exact) mass is 334 g/mol. The summed E-state index contributed by atoms with van der Waals surface area (Å²) >= 11 is 0. The lowest BCUT2D eigenvalue weighted by atomic mass is 9.89. The molecule has 2 heterocycles. The third-order valence-electron chi connectivity index (χ3n) is 5.67. The summed E-state index contributed by atoms with van der Waals surface area (Å²) < 4.78 is 0. The van der Waals surface area contributed by atoms with Gasteiger partial charge in [0, 0.05) is 19.0 Å². The van der Waals surface area contributed by atoms with Gasteiger partial charge in [-0.3, -0.25) is 9.69 Å². The molecule has 25 heavy (non-hydrogen) atoms. The first kappa shape index (κ1) is 16.3. The number of carbonyl (C=O) groups is 1. The van der Waals surface area contributed by atoms with Gasteiger partial charge in [0.2, 0.25) is 5.91 Å². The lowest BCUT2D eigenvalue weighted by Gasteiger charge is -2.44. The maximum absolute atomic E-state index is 12.9. The molecule has 0 aliphatic carbocycles. The molecular formula is C22H26N2O. The summed E-state index contributed by atoms with van der Waals surface area (Å²) in [6, 6.07) is 21.4. The molecule has 4 rings (SSSR count). The molecule has 2 aliphatic heterocycles. The molecule has 3 heteroatoms. The van der Waals surface area contributed by atoms with Gasteiger partial charge < -0.3 is 4.90 Å². The Bertz CT molecular complexity index is 692. The van der Waals surface area contributed by atoms with Crippen LogP contribution in [0.15, 0.2) is 60.7 Å². The van der Waals surface area contributed by atoms with Gasteiger partial charge in [-0.15, -0.1) is 0 Å². The molecular weight excluding hydrogens is 308 g/mol. The molecule has 2 aliphatic rings. The van der Waals surface area contributed by atoms with Crippen LogP contribution in [0.2, 0.25) is 0 Å². The van der Waals surface area contributed by atoms with Gasteiger partial charge in [-0.05, 0) is 43.5 Å². The van der Waals surface area contributed by atoms with Crippen molar-refractivity contribution in [1.82, 2.24) is 9.80 Å². The fourth-order valence-corrected chi connectivity index (χ4v) is 4.09. The van der Waals surface area contributed by atoms with E-state index < -0.39 is 0 Å². The fraction of sp³-hybridized carbons (Fsp3) is 0.409. The van der Waals surface area contributed by atoms with Crippen molar-refractivity contribution in [3.63, 3.8) is 0 Å². The average molecular weight is 334 g/mol. The summed E-state index contributed by atoms with van der Waals surface area (Å²) in [5.74, 6) is 0.581. The van der Waals surface area contributed by atoms with Crippen molar-refractivity contribution in [2.75, 3.05) is 19.6 Å². The van der Waals surface area contributed by atoms with Crippen molar-refractivity contribution in [3.8, 4) is 0 Å². The zero-order valence-electron chi connectivity index (χ0n) is 14.7. The molecule has 130 valence electrons. The number of amides is 1. The van der Waals surface area contributed by atoms with Gasteiger partial charge in [0.25, 0.3) is 0 Å². The molecule has 0 bridgehead atoms. The second-order valence-corrected chi connectivity index (χ2v) is 7.28. The number of piperidine rings is 1. The Morgan fingerprint density at radius 1 is 0.840 bits per heavy atom. The number of likely N-dealkylation sites (tertiary alicyclic amines) is 2. The van der Waals surface area contributed by atoms with Crippen LogP contribution < -0.4 is 0 Å². The number of carbonyl (C=O) groups excluding carboxylic acids is 1. The second-order valence-electron chi connectivity index (χ2n) is 7.28. The van der Waals surface area contributed by atoms with Crippen molar-refractivity contribution in [2.24, 2.45) is 5.92 Å². The molecule has 3 nitrogen and oxygen atoms in total. The Kier molecular flexibility index (Phi) is 4.84. The summed E-state index contributed by atoms with van der Waals surface area (Å²) in [6.45, 7) is 3.96. The van der Waals surface area contributed by atoms with E-state index in [4.69, 9.17) is 0 Å². The molecule has 0 saturated carbocycles. The zero-order valence-corrected chi connectivity index (χ0v) is 14.7. The minimum Gasteiger partial charge on any atom is -0.335 e. The van der Waals surface area contributed by atoms with E-state index in [9.17, 15) is 4.79 Å². The normalized spacial score (nSPS) is 21.8. The lowest BCUT2D eigenvalue weighted by molar-refractivity contribution is -0.145. The number of hydrogen-bond donors (Lipinski definition) is 0. The first-order valence-corrected chi connectivity index (χ1v) is 9.43. The summed E-state index contributed by atoms with van der Waals surface area (Å²) in [4.78, 5) is 17.5. The molecule has 0 spiro atoms. The predicted molar refractivity (Wildman–Crippen MR) is 100.0 cm³/mol. The van der Waals surface area contributed by atoms with Crippen LogP contribution in [-0.2, 0) is 11.3 Å². The summed E-state index contributed by atoms with van der Waals surface area (Å²) in [5.41, 5.74) is 2.64. The topological polar surface area (TPSA) is 23.6 Å². The van der Waals surface area contributed by atoms with Crippen LogP contribution in [0.25, 0.3) is 0 Å². The minimum absolute atomic E-state index is 0.207. The number of rotatable bonds is 4. The van der Waals surface area contributed by atoms with Crippen LogP contribution in [0, 0.1) is 5.92 Å². The van der Waals surface area contributed by atoms with Gasteiger partial charge in [-0.25, -0.2) is 0 Å². The van der Waals surface area contributed by atoms with Crippen LogP contribution in [0.5, 0.6) is 0 Å². The molecule has 2 fully saturated rings. The van der Waals surface area contributed by atoms with Crippen molar-refractivity contribution in [2.45, 2.75) is 31.8 Å². The highest BCUT2D eigenvalue weighted by molar-refractivity contribution is 5.80. The maximum Gasteiger partial charge on any atom is 0.226 e. The van der Waals surface area contributed by atoms with Gasteiger partial charge in [-0.2, -0.15) is 0 Å². The standard InChI is InChI=1S/C22H26N2O/c25-22(24-16-13-21(24)19-9-5-2-6-10-19)20-11-14-23(15-12-20)17-18-7-3-1-4-8-18/h1-10,20-21H,11-17H2/t21-/m1/s1. The quantitative estimate of drug-likeness (QED) is 0.847. The molecule has 2 aromatic rings. The van der Waals surface area contributed by atoms with Crippen LogP contribution >= 0.6 is 0 Å². The van der Waals surface area contributed by atoms with Crippen molar-refractivity contribution < 1.29 is 4.79 Å². The minimum atomic E-state index is 0.207. The molecule has 2 saturated heterocycles. The fourth-order valence-electron chi connectivity index (χ4n) is 4.09. The average Bonchev–Trinajstić information content (AvgIpc) is 2.63. The summed E-state index contributed by atoms with van der Waals surface area (Å²) in [5, 5.41) is 0. The van der Waals surface area contributed by atoms with Crippen LogP contribution in [0.4, 0.5) is 0 Å². The third-order valence-corrected chi connectivity index (χ3v) is 5.67. The summed E-state index contributed by atoms with van der Waals surface area (Å²) in [6.07, 6.45) is 3.08. The number of nitrogens with zero attached hydrogens (tertiary/aromatic N) is 2.